The van der Waals surface area contributed by atoms with Crippen LogP contribution in [-0.4, -0.2) is 48.9 Å². The number of aromatic nitrogens is 1. The monoisotopic (exact) mass is 410 g/mol. The summed E-state index contributed by atoms with van der Waals surface area (Å²) in [5, 5.41) is 14.5. The molecule has 1 amide bonds. The molecule has 9 heteroatoms. The first-order valence-electron chi connectivity index (χ1n) is 8.72. The number of likely N-dealkylation sites (N-methyl/N-ethyl adjacent to an activating group) is 1. The Hall–Kier alpha value is -2.13. The van der Waals surface area contributed by atoms with Crippen LogP contribution in [0.5, 0.6) is 0 Å². The number of aryl methyl sites for hydroxylation is 1. The van der Waals surface area contributed by atoms with Gasteiger partial charge in [0.05, 0.1) is 11.5 Å². The molecule has 0 aliphatic carbocycles. The largest absolute Gasteiger partial charge is 1.00 e. The third kappa shape index (κ3) is 6.17. The second kappa shape index (κ2) is 10.6. The van der Waals surface area contributed by atoms with Crippen LogP contribution in [0.2, 0.25) is 0 Å². The molecule has 0 aliphatic heterocycles. The quantitative estimate of drug-likeness (QED) is 0.276. The number of aliphatic carboxylic acids is 1. The van der Waals surface area contributed by atoms with Crippen molar-refractivity contribution >= 4 is 29.2 Å². The summed E-state index contributed by atoms with van der Waals surface area (Å²) in [4.78, 5) is 29.1. The molecular weight excluding hydrogens is 386 g/mol. The van der Waals surface area contributed by atoms with E-state index in [1.807, 2.05) is 19.0 Å². The van der Waals surface area contributed by atoms with E-state index < -0.39 is 11.8 Å². The van der Waals surface area contributed by atoms with Crippen LogP contribution in [0.15, 0.2) is 18.2 Å². The molecule has 0 bridgehead atoms. The van der Waals surface area contributed by atoms with Crippen molar-refractivity contribution in [3.63, 3.8) is 0 Å². The van der Waals surface area contributed by atoms with Crippen molar-refractivity contribution in [3.05, 3.63) is 52.1 Å². The van der Waals surface area contributed by atoms with E-state index in [0.717, 1.165) is 12.1 Å². The van der Waals surface area contributed by atoms with Gasteiger partial charge in [0.2, 0.25) is 0 Å². The molecule has 0 saturated carbocycles. The number of nitrogens with one attached hydrogen (secondary N) is 2. The summed E-state index contributed by atoms with van der Waals surface area (Å²) in [5.41, 5.74) is 7.68. The molecule has 1 aromatic heterocycles. The molecule has 0 spiro atoms. The minimum absolute atomic E-state index is 0. The number of rotatable bonds is 7. The van der Waals surface area contributed by atoms with Crippen LogP contribution in [-0.2, 0) is 4.79 Å². The Morgan fingerprint density at radius 2 is 1.97 bits per heavy atom. The number of H-pyrrole nitrogens is 1. The van der Waals surface area contributed by atoms with Crippen LogP contribution in [0.1, 0.15) is 32.9 Å². The zero-order chi connectivity index (χ0) is 21.0. The van der Waals surface area contributed by atoms with E-state index in [1.165, 1.54) is 12.1 Å². The second-order valence-electron chi connectivity index (χ2n) is 6.80. The number of nitrogens with two attached hydrogens (primary N) is 1. The van der Waals surface area contributed by atoms with Crippen molar-refractivity contribution in [1.82, 2.24) is 15.2 Å². The van der Waals surface area contributed by atoms with E-state index in [4.69, 9.17) is 5.73 Å². The normalized spacial score (nSPS) is 11.3. The average Bonchev–Trinajstić information content (AvgIpc) is 2.88. The first-order valence-corrected chi connectivity index (χ1v) is 8.72. The van der Waals surface area contributed by atoms with Crippen molar-refractivity contribution in [2.45, 2.75) is 13.8 Å². The fourth-order valence-electron chi connectivity index (χ4n) is 2.89. The number of nitrogens with zero attached hydrogens (tertiary/aromatic N) is 1. The summed E-state index contributed by atoms with van der Waals surface area (Å²) in [7, 11) is 3.81. The summed E-state index contributed by atoms with van der Waals surface area (Å²) < 4.78 is 13.6. The predicted octanol–water partition coefficient (Wildman–Crippen LogP) is -2.06. The maximum Gasteiger partial charge on any atom is 1.00 e. The zero-order valence-corrected chi connectivity index (χ0v) is 19.4. The number of carbonyl (C=O) groups is 2. The third-order valence-corrected chi connectivity index (χ3v) is 4.36. The first kappa shape index (κ1) is 24.9. The van der Waals surface area contributed by atoms with E-state index in [2.05, 4.69) is 10.3 Å². The van der Waals surface area contributed by atoms with Crippen LogP contribution in [0, 0.1) is 19.7 Å². The maximum absolute atomic E-state index is 13.6. The first-order chi connectivity index (χ1) is 13.1. The van der Waals surface area contributed by atoms with E-state index in [-0.39, 0.29) is 52.3 Å². The minimum atomic E-state index is -1.50. The Morgan fingerprint density at radius 3 is 2.55 bits per heavy atom. The molecule has 29 heavy (non-hydrogen) atoms. The van der Waals surface area contributed by atoms with Crippen LogP contribution in [0.25, 0.3) is 11.6 Å². The summed E-state index contributed by atoms with van der Waals surface area (Å²) in [5.74, 6) is -2.37. The molecule has 7 nitrogen and oxygen atoms in total. The zero-order valence-electron chi connectivity index (χ0n) is 17.4. The molecule has 0 unspecified atom stereocenters. The van der Waals surface area contributed by atoms with Crippen molar-refractivity contribution in [3.8, 4) is 0 Å². The van der Waals surface area contributed by atoms with Gasteiger partial charge in [0, 0.05) is 41.3 Å². The standard InChI is InChI=1S/C20H25FN4O3.Na/c1-11-17(24-12(2)18(11)19(26)23-7-8-25(3)4)10-15(20(27)28)14-9-13(21)5-6-16(14)22;/h5-6,9-10,24H,7-8,22H2,1-4H3,(H,23,26)(H,27,28);/q;+1/p-1/b15-10-;. The van der Waals surface area contributed by atoms with Gasteiger partial charge in [-0.2, -0.15) is 0 Å². The topological polar surface area (TPSA) is 114 Å². The number of benzene rings is 1. The summed E-state index contributed by atoms with van der Waals surface area (Å²) in [6.07, 6.45) is 1.30. The smallest absolute Gasteiger partial charge is 0.545 e. The number of carboxylic acid groups (broad SMARTS) is 1. The molecule has 4 N–H and O–H groups in total. The molecule has 1 aromatic carbocycles. The number of hydrogen-bond acceptors (Lipinski definition) is 5. The Kier molecular flexibility index (Phi) is 9.10. The van der Waals surface area contributed by atoms with Crippen LogP contribution in [0.4, 0.5) is 10.1 Å². The predicted molar refractivity (Wildman–Crippen MR) is 105 cm³/mol. The molecule has 1 heterocycles. The van der Waals surface area contributed by atoms with Crippen molar-refractivity contribution in [1.29, 1.82) is 0 Å². The van der Waals surface area contributed by atoms with Crippen LogP contribution >= 0.6 is 0 Å². The number of halogens is 1. The number of carboxylic acids is 1. The number of nitrogen functional groups attached to an aromatic ring is 1. The maximum atomic E-state index is 13.6. The molecule has 150 valence electrons. The van der Waals surface area contributed by atoms with Gasteiger partial charge >= 0.3 is 29.6 Å². The molecule has 2 aromatic rings. The van der Waals surface area contributed by atoms with Crippen LogP contribution < -0.4 is 45.7 Å². The van der Waals surface area contributed by atoms with Crippen molar-refractivity contribution in [2.75, 3.05) is 32.9 Å². The van der Waals surface area contributed by atoms with E-state index in [9.17, 15) is 19.1 Å². The Labute approximate surface area is 191 Å². The molecule has 0 saturated heterocycles. The van der Waals surface area contributed by atoms with Gasteiger partial charge in [0.25, 0.3) is 5.91 Å². The number of anilines is 1. The van der Waals surface area contributed by atoms with Gasteiger partial charge in [-0.3, -0.25) is 4.79 Å². The average molecular weight is 410 g/mol. The Morgan fingerprint density at radius 1 is 1.31 bits per heavy atom. The molecular formula is C20H24FN4NaO3. The van der Waals surface area contributed by atoms with Gasteiger partial charge in [0.15, 0.2) is 0 Å². The van der Waals surface area contributed by atoms with E-state index >= 15 is 0 Å². The van der Waals surface area contributed by atoms with E-state index in [1.54, 1.807) is 13.8 Å². The third-order valence-electron chi connectivity index (χ3n) is 4.36. The fourth-order valence-corrected chi connectivity index (χ4v) is 2.89. The molecule has 0 atom stereocenters. The molecule has 0 fully saturated rings. The van der Waals surface area contributed by atoms with Crippen LogP contribution in [0.3, 0.4) is 0 Å². The summed E-state index contributed by atoms with van der Waals surface area (Å²) in [6.45, 7) is 4.60. The SMILES string of the molecule is Cc1[nH]c(/C=C(\C(=O)[O-])c2cc(F)ccc2N)c(C)c1C(=O)NCCN(C)C.[Na+]. The minimum Gasteiger partial charge on any atom is -0.545 e. The van der Waals surface area contributed by atoms with Gasteiger partial charge in [-0.05, 0) is 57.8 Å². The van der Waals surface area contributed by atoms with Gasteiger partial charge < -0.3 is 30.8 Å². The van der Waals surface area contributed by atoms with Crippen molar-refractivity contribution in [2.24, 2.45) is 0 Å². The van der Waals surface area contributed by atoms with Gasteiger partial charge in [-0.1, -0.05) is 0 Å². The summed E-state index contributed by atoms with van der Waals surface area (Å²) in [6, 6.07) is 3.47. The number of amides is 1. The van der Waals surface area contributed by atoms with Crippen molar-refractivity contribution < 1.29 is 48.6 Å². The fraction of sp³-hybridized carbons (Fsp3) is 0.300. The number of carbonyl (C=O) groups excluding carboxylic acids is 2. The number of hydrogen-bond donors (Lipinski definition) is 3. The molecule has 0 aliphatic rings. The van der Waals surface area contributed by atoms with Gasteiger partial charge in [-0.25, -0.2) is 4.39 Å². The van der Waals surface area contributed by atoms with E-state index in [0.29, 0.717) is 35.6 Å². The Balaban J connectivity index is 0.00000420. The Bertz CT molecular complexity index is 938. The van der Waals surface area contributed by atoms with Gasteiger partial charge in [0.1, 0.15) is 5.82 Å². The number of aromatic amines is 1. The second-order valence-corrected chi connectivity index (χ2v) is 6.80. The molecule has 0 radical (unpaired) electrons. The summed E-state index contributed by atoms with van der Waals surface area (Å²) >= 11 is 0. The van der Waals surface area contributed by atoms with Gasteiger partial charge in [-0.15, -0.1) is 0 Å². The molecule has 2 rings (SSSR count).